The molecule has 6 rings (SSSR count). The second kappa shape index (κ2) is 15.3. The van der Waals surface area contributed by atoms with Gasteiger partial charge in [-0.05, 0) is 112 Å². The molecule has 0 saturated heterocycles. The Morgan fingerprint density at radius 1 is 0.917 bits per heavy atom. The van der Waals surface area contributed by atoms with Gasteiger partial charge in [-0.2, -0.15) is 0 Å². The van der Waals surface area contributed by atoms with Crippen LogP contribution in [-0.4, -0.2) is 29.7 Å². The van der Waals surface area contributed by atoms with Crippen LogP contribution in [0.5, 0.6) is 5.75 Å². The molecule has 1 aliphatic rings. The summed E-state index contributed by atoms with van der Waals surface area (Å²) in [5.41, 5.74) is 3.62. The summed E-state index contributed by atoms with van der Waals surface area (Å²) in [6.45, 7) is 4.39. The van der Waals surface area contributed by atoms with Crippen LogP contribution in [0.3, 0.4) is 0 Å². The predicted octanol–water partition coefficient (Wildman–Crippen LogP) is 6.96. The number of hydrogen-bond acceptors (Lipinski definition) is 9. The molecule has 0 aliphatic carbocycles. The van der Waals surface area contributed by atoms with E-state index in [2.05, 4.69) is 45.2 Å². The van der Waals surface area contributed by atoms with Gasteiger partial charge in [0.1, 0.15) is 18.4 Å². The van der Waals surface area contributed by atoms with Crippen molar-refractivity contribution in [2.45, 2.75) is 26.5 Å². The van der Waals surface area contributed by atoms with Gasteiger partial charge < -0.3 is 14.2 Å². The summed E-state index contributed by atoms with van der Waals surface area (Å²) in [7, 11) is 0. The molecule has 0 amide bonds. The number of nitrogens with zero attached hydrogens (tertiary/aromatic N) is 2. The van der Waals surface area contributed by atoms with E-state index in [1.165, 1.54) is 22.7 Å². The Bertz CT molecular complexity index is 2170. The van der Waals surface area contributed by atoms with Crippen LogP contribution in [0, 0.1) is 7.14 Å². The van der Waals surface area contributed by atoms with Crippen molar-refractivity contribution in [1.82, 2.24) is 4.57 Å². The first-order chi connectivity index (χ1) is 23.3. The van der Waals surface area contributed by atoms with Gasteiger partial charge in [-0.15, -0.1) is 11.3 Å². The fraction of sp³-hybridized carbons (Fsp3) is 0.167. The van der Waals surface area contributed by atoms with Crippen LogP contribution < -0.4 is 19.6 Å². The summed E-state index contributed by atoms with van der Waals surface area (Å²) in [4.78, 5) is 45.9. The number of carbonyl (C=O) groups is 2. The number of benzene rings is 3. The molecule has 0 spiro atoms. The Balaban J connectivity index is 1.36. The number of rotatable bonds is 10. The zero-order valence-electron chi connectivity index (χ0n) is 25.8. The maximum absolute atomic E-state index is 14.1. The normalized spacial score (nSPS) is 14.3. The number of halogens is 2. The molecule has 0 bridgehead atoms. The summed E-state index contributed by atoms with van der Waals surface area (Å²) in [6, 6.07) is 23.8. The van der Waals surface area contributed by atoms with E-state index in [9.17, 15) is 14.4 Å². The van der Waals surface area contributed by atoms with Gasteiger partial charge in [0.2, 0.25) is 0 Å². The van der Waals surface area contributed by atoms with Crippen LogP contribution in [-0.2, 0) is 20.9 Å². The third-order valence-corrected chi connectivity index (χ3v) is 10.9. The Labute approximate surface area is 311 Å². The molecule has 2 aromatic heterocycles. The summed E-state index contributed by atoms with van der Waals surface area (Å²) >= 11 is 7.24. The monoisotopic (exact) mass is 902 g/mol. The lowest BCUT2D eigenvalue weighted by Crippen LogP contribution is -2.39. The Hall–Kier alpha value is -3.60. The van der Waals surface area contributed by atoms with Crippen molar-refractivity contribution in [1.29, 1.82) is 0 Å². The number of thiophene rings is 1. The average Bonchev–Trinajstić information content (AvgIpc) is 3.73. The Morgan fingerprint density at radius 3 is 2.25 bits per heavy atom. The number of esters is 2. The molecule has 12 heteroatoms. The largest absolute Gasteiger partial charge is 0.487 e. The van der Waals surface area contributed by atoms with E-state index in [-0.39, 0.29) is 18.1 Å². The minimum absolute atomic E-state index is 0.199. The second-order valence-electron chi connectivity index (χ2n) is 10.5. The quantitative estimate of drug-likeness (QED) is 0.111. The molecule has 1 atom stereocenters. The summed E-state index contributed by atoms with van der Waals surface area (Å²) in [6.07, 6.45) is 1.85. The van der Waals surface area contributed by atoms with Crippen molar-refractivity contribution >= 4 is 91.6 Å². The number of hydrogen-bond donors (Lipinski definition) is 0. The lowest BCUT2D eigenvalue weighted by atomic mass is 9.97. The van der Waals surface area contributed by atoms with Crippen molar-refractivity contribution in [2.75, 3.05) is 13.2 Å². The molecule has 1 aliphatic heterocycles. The highest BCUT2D eigenvalue weighted by molar-refractivity contribution is 14.1. The van der Waals surface area contributed by atoms with Crippen LogP contribution in [0.2, 0.25) is 0 Å². The first-order valence-corrected chi connectivity index (χ1v) is 18.8. The average molecular weight is 903 g/mol. The molecule has 0 radical (unpaired) electrons. The van der Waals surface area contributed by atoms with Gasteiger partial charge in [0, 0.05) is 10.4 Å². The zero-order valence-corrected chi connectivity index (χ0v) is 31.7. The van der Waals surface area contributed by atoms with Crippen LogP contribution >= 0.6 is 67.9 Å². The van der Waals surface area contributed by atoms with Gasteiger partial charge in [-0.3, -0.25) is 9.36 Å². The molecular formula is C36H28I2N2O6S2. The highest BCUT2D eigenvalue weighted by atomic mass is 127. The number of ether oxygens (including phenoxy) is 3. The van der Waals surface area contributed by atoms with Gasteiger partial charge in [0.05, 0.1) is 41.7 Å². The number of carbonyl (C=O) groups excluding carboxylic acids is 2. The third-order valence-electron chi connectivity index (χ3n) is 7.35. The fourth-order valence-corrected chi connectivity index (χ4v) is 9.17. The van der Waals surface area contributed by atoms with E-state index in [1.807, 2.05) is 78.2 Å². The SMILES string of the molecule is CCOC(=O)C1=C(c2ccccc2)N=c2s/c(=C\c3cc(I)c(OCc4ccc(C(=O)OCC)cc4)c(I)c3)c(=O)n2[C@H]1c1cccs1. The smallest absolute Gasteiger partial charge is 0.338 e. The van der Waals surface area contributed by atoms with Gasteiger partial charge in [0.15, 0.2) is 4.80 Å². The topological polar surface area (TPSA) is 96.2 Å². The molecule has 5 aromatic rings. The van der Waals surface area contributed by atoms with E-state index in [0.29, 0.717) is 39.4 Å². The van der Waals surface area contributed by atoms with Gasteiger partial charge in [-0.1, -0.05) is 59.9 Å². The van der Waals surface area contributed by atoms with Crippen LogP contribution in [0.15, 0.2) is 99.6 Å². The van der Waals surface area contributed by atoms with Gasteiger partial charge in [0.25, 0.3) is 5.56 Å². The van der Waals surface area contributed by atoms with E-state index < -0.39 is 12.0 Å². The van der Waals surface area contributed by atoms with Crippen molar-refractivity contribution in [3.8, 4) is 5.75 Å². The summed E-state index contributed by atoms with van der Waals surface area (Å²) in [5, 5.41) is 1.93. The van der Waals surface area contributed by atoms with E-state index in [1.54, 1.807) is 30.5 Å². The highest BCUT2D eigenvalue weighted by Gasteiger charge is 2.35. The molecule has 244 valence electrons. The number of thiazole rings is 1. The van der Waals surface area contributed by atoms with Crippen molar-refractivity contribution in [3.63, 3.8) is 0 Å². The summed E-state index contributed by atoms with van der Waals surface area (Å²) in [5.74, 6) is -0.119. The second-order valence-corrected chi connectivity index (χ2v) is 14.8. The molecular weight excluding hydrogens is 874 g/mol. The Morgan fingerprint density at radius 2 is 1.60 bits per heavy atom. The minimum Gasteiger partial charge on any atom is -0.487 e. The first-order valence-electron chi connectivity index (χ1n) is 15.0. The van der Waals surface area contributed by atoms with Gasteiger partial charge >= 0.3 is 11.9 Å². The molecule has 3 heterocycles. The van der Waals surface area contributed by atoms with Crippen molar-refractivity contribution in [3.05, 3.63) is 144 Å². The van der Waals surface area contributed by atoms with Crippen molar-refractivity contribution in [2.24, 2.45) is 4.99 Å². The van der Waals surface area contributed by atoms with E-state index >= 15 is 0 Å². The fourth-order valence-electron chi connectivity index (χ4n) is 5.22. The van der Waals surface area contributed by atoms with Crippen LogP contribution in [0.4, 0.5) is 0 Å². The predicted molar refractivity (Wildman–Crippen MR) is 204 cm³/mol. The molecule has 0 N–H and O–H groups in total. The van der Waals surface area contributed by atoms with E-state index in [4.69, 9.17) is 19.2 Å². The van der Waals surface area contributed by atoms with E-state index in [0.717, 1.165) is 34.5 Å². The molecule has 0 unspecified atom stereocenters. The third kappa shape index (κ3) is 7.21. The minimum atomic E-state index is -0.680. The highest BCUT2D eigenvalue weighted by Crippen LogP contribution is 2.37. The summed E-state index contributed by atoms with van der Waals surface area (Å²) < 4.78 is 20.6. The standard InChI is InChI=1S/C36H28I2N2O6S2/c1-3-44-34(42)24-14-12-21(13-15-24)20-46-32-25(37)17-22(18-26(32)38)19-28-33(41)40-31(27-11-8-16-47-27)29(35(43)45-4-2)30(39-36(40)48-28)23-9-6-5-7-10-23/h5-19,31H,3-4,20H2,1-2H3/b28-19-/t31-/m0/s1. The maximum atomic E-state index is 14.1. The van der Waals surface area contributed by atoms with Gasteiger partial charge in [-0.25, -0.2) is 14.6 Å². The zero-order chi connectivity index (χ0) is 33.8. The lowest BCUT2D eigenvalue weighted by molar-refractivity contribution is -0.138. The van der Waals surface area contributed by atoms with Crippen LogP contribution in [0.1, 0.15) is 51.8 Å². The molecule has 0 fully saturated rings. The maximum Gasteiger partial charge on any atom is 0.338 e. The van der Waals surface area contributed by atoms with Crippen LogP contribution in [0.25, 0.3) is 11.8 Å². The Kier molecular flexibility index (Phi) is 10.9. The number of aromatic nitrogens is 1. The lowest BCUT2D eigenvalue weighted by Gasteiger charge is -2.24. The molecule has 48 heavy (non-hydrogen) atoms. The molecule has 3 aromatic carbocycles. The number of fused-ring (bicyclic) bond motifs is 1. The molecule has 0 saturated carbocycles. The van der Waals surface area contributed by atoms with Crippen molar-refractivity contribution < 1.29 is 23.8 Å². The molecule has 8 nitrogen and oxygen atoms in total. The first kappa shape index (κ1) is 34.3.